The number of nitrogen functional groups attached to an aromatic ring is 2. The number of anilines is 2. The molecule has 6 heteroatoms. The summed E-state index contributed by atoms with van der Waals surface area (Å²) in [5.41, 5.74) is 14.8. The van der Waals surface area contributed by atoms with Crippen LogP contribution in [0.2, 0.25) is 5.02 Å². The fourth-order valence-electron chi connectivity index (χ4n) is 2.53. The van der Waals surface area contributed by atoms with E-state index in [4.69, 9.17) is 23.1 Å². The van der Waals surface area contributed by atoms with E-state index in [0.717, 1.165) is 5.39 Å². The zero-order valence-electron chi connectivity index (χ0n) is 12.5. The molecule has 116 valence electrons. The third kappa shape index (κ3) is 2.71. The van der Waals surface area contributed by atoms with Crippen molar-refractivity contribution in [2.75, 3.05) is 11.5 Å². The van der Waals surface area contributed by atoms with E-state index >= 15 is 0 Å². The van der Waals surface area contributed by atoms with E-state index in [2.05, 4.69) is 9.97 Å². The second-order valence-corrected chi connectivity index (χ2v) is 5.57. The van der Waals surface area contributed by atoms with E-state index in [9.17, 15) is 4.79 Å². The van der Waals surface area contributed by atoms with Crippen LogP contribution >= 0.6 is 11.6 Å². The van der Waals surface area contributed by atoms with Crippen molar-refractivity contribution < 1.29 is 4.79 Å². The summed E-state index contributed by atoms with van der Waals surface area (Å²) in [5, 5.41) is 1.30. The zero-order valence-corrected chi connectivity index (χ0v) is 13.3. The van der Waals surface area contributed by atoms with Crippen molar-refractivity contribution >= 4 is 39.9 Å². The summed E-state index contributed by atoms with van der Waals surface area (Å²) < 4.78 is 0. The molecule has 0 amide bonds. The van der Waals surface area contributed by atoms with Crippen molar-refractivity contribution in [1.82, 2.24) is 9.97 Å². The van der Waals surface area contributed by atoms with Gasteiger partial charge in [-0.15, -0.1) is 0 Å². The average molecular weight is 327 g/mol. The van der Waals surface area contributed by atoms with Gasteiger partial charge < -0.3 is 11.5 Å². The van der Waals surface area contributed by atoms with Crippen LogP contribution < -0.4 is 11.5 Å². The van der Waals surface area contributed by atoms with Crippen LogP contribution in [-0.2, 0) is 0 Å². The van der Waals surface area contributed by atoms with Gasteiger partial charge in [0.25, 0.3) is 0 Å². The summed E-state index contributed by atoms with van der Waals surface area (Å²) in [5.74, 6) is 0.121. The number of rotatable bonds is 3. The number of hydrogen-bond donors (Lipinski definition) is 2. The Labute approximate surface area is 138 Å². The first-order chi connectivity index (χ1) is 11.0. The zero-order chi connectivity index (χ0) is 16.6. The van der Waals surface area contributed by atoms with Crippen molar-refractivity contribution in [3.05, 3.63) is 47.0 Å². The number of nitrogens with two attached hydrogens (primary N) is 2. The minimum atomic E-state index is -0.0197. The topological polar surface area (TPSA) is 94.9 Å². The first kappa shape index (κ1) is 15.2. The van der Waals surface area contributed by atoms with Crippen molar-refractivity contribution in [2.45, 2.75) is 13.3 Å². The van der Waals surface area contributed by atoms with Crippen LogP contribution in [0.4, 0.5) is 11.6 Å². The van der Waals surface area contributed by atoms with Crippen LogP contribution in [0.25, 0.3) is 22.2 Å². The number of nitrogens with zero attached hydrogens (tertiary/aromatic N) is 2. The molecule has 5 nitrogen and oxygen atoms in total. The number of carbonyl (C=O) groups is 1. The molecular formula is C17H15ClN4O. The van der Waals surface area contributed by atoms with E-state index in [1.807, 2.05) is 6.07 Å². The van der Waals surface area contributed by atoms with E-state index in [-0.39, 0.29) is 11.7 Å². The largest absolute Gasteiger partial charge is 0.398 e. The molecule has 0 atom stereocenters. The number of fused-ring (bicyclic) bond motifs is 1. The molecular weight excluding hydrogens is 312 g/mol. The molecule has 0 aliphatic carbocycles. The number of benzene rings is 2. The quantitative estimate of drug-likeness (QED) is 0.565. The molecule has 0 aliphatic heterocycles. The Kier molecular flexibility index (Phi) is 3.88. The van der Waals surface area contributed by atoms with Crippen LogP contribution in [0.15, 0.2) is 36.4 Å². The molecule has 0 aliphatic rings. The van der Waals surface area contributed by atoms with Crippen molar-refractivity contribution in [3.63, 3.8) is 0 Å². The smallest absolute Gasteiger partial charge is 0.221 e. The molecule has 0 saturated carbocycles. The molecule has 0 fully saturated rings. The lowest BCUT2D eigenvalue weighted by Gasteiger charge is -2.12. The van der Waals surface area contributed by atoms with Gasteiger partial charge in [0.2, 0.25) is 5.95 Å². The van der Waals surface area contributed by atoms with Gasteiger partial charge in [-0.05, 0) is 24.3 Å². The van der Waals surface area contributed by atoms with Crippen LogP contribution in [0.1, 0.15) is 23.7 Å². The highest BCUT2D eigenvalue weighted by Crippen LogP contribution is 2.34. The Morgan fingerprint density at radius 3 is 2.70 bits per heavy atom. The summed E-state index contributed by atoms with van der Waals surface area (Å²) in [4.78, 5) is 20.6. The second kappa shape index (κ2) is 5.85. The highest BCUT2D eigenvalue weighted by molar-refractivity contribution is 6.31. The molecule has 3 rings (SSSR count). The van der Waals surface area contributed by atoms with Gasteiger partial charge in [0, 0.05) is 28.0 Å². The molecule has 2 aromatic carbocycles. The summed E-state index contributed by atoms with van der Waals surface area (Å²) in [7, 11) is 0. The number of ketones is 1. The van der Waals surface area contributed by atoms with Crippen LogP contribution in [-0.4, -0.2) is 15.8 Å². The van der Waals surface area contributed by atoms with E-state index in [1.165, 1.54) is 0 Å². The van der Waals surface area contributed by atoms with E-state index in [1.54, 1.807) is 37.3 Å². The van der Waals surface area contributed by atoms with E-state index in [0.29, 0.717) is 39.5 Å². The molecule has 0 bridgehead atoms. The highest BCUT2D eigenvalue weighted by atomic mass is 35.5. The van der Waals surface area contributed by atoms with Gasteiger partial charge in [0.05, 0.1) is 16.9 Å². The first-order valence-electron chi connectivity index (χ1n) is 7.16. The average Bonchev–Trinajstić information content (AvgIpc) is 2.54. The Bertz CT molecular complexity index is 924. The van der Waals surface area contributed by atoms with Gasteiger partial charge >= 0.3 is 0 Å². The maximum Gasteiger partial charge on any atom is 0.221 e. The molecule has 4 N–H and O–H groups in total. The number of para-hydroxylation sites is 1. The predicted octanol–water partition coefficient (Wildman–Crippen LogP) is 3.71. The highest BCUT2D eigenvalue weighted by Gasteiger charge is 2.16. The monoisotopic (exact) mass is 326 g/mol. The summed E-state index contributed by atoms with van der Waals surface area (Å²) in [6.45, 7) is 1.80. The van der Waals surface area contributed by atoms with Crippen LogP contribution in [0.3, 0.4) is 0 Å². The number of halogens is 1. The first-order valence-corrected chi connectivity index (χ1v) is 7.54. The summed E-state index contributed by atoms with van der Waals surface area (Å²) in [6.07, 6.45) is 0.381. The molecule has 1 heterocycles. The maximum absolute atomic E-state index is 12.0. The van der Waals surface area contributed by atoms with Gasteiger partial charge in [-0.1, -0.05) is 30.7 Å². The number of carbonyl (C=O) groups excluding carboxylic acids is 1. The van der Waals surface area contributed by atoms with Gasteiger partial charge in [0.15, 0.2) is 5.78 Å². The predicted molar refractivity (Wildman–Crippen MR) is 93.4 cm³/mol. The molecule has 0 radical (unpaired) electrons. The second-order valence-electron chi connectivity index (χ2n) is 5.14. The molecule has 23 heavy (non-hydrogen) atoms. The lowest BCUT2D eigenvalue weighted by Crippen LogP contribution is -2.05. The normalized spacial score (nSPS) is 10.9. The Morgan fingerprint density at radius 2 is 1.96 bits per heavy atom. The fraction of sp³-hybridized carbons (Fsp3) is 0.118. The van der Waals surface area contributed by atoms with E-state index < -0.39 is 0 Å². The SMILES string of the molecule is CCC(=O)c1cccc(-c2nc(N)nc3ccc(Cl)cc23)c1N. The Balaban J connectivity index is 2.33. The van der Waals surface area contributed by atoms with Gasteiger partial charge in [-0.25, -0.2) is 9.97 Å². The summed E-state index contributed by atoms with van der Waals surface area (Å²) in [6, 6.07) is 10.6. The lowest BCUT2D eigenvalue weighted by molar-refractivity contribution is 0.0989. The van der Waals surface area contributed by atoms with Gasteiger partial charge in [-0.3, -0.25) is 4.79 Å². The molecule has 0 unspecified atom stereocenters. The van der Waals surface area contributed by atoms with Crippen LogP contribution in [0.5, 0.6) is 0 Å². The van der Waals surface area contributed by atoms with Crippen molar-refractivity contribution in [2.24, 2.45) is 0 Å². The minimum Gasteiger partial charge on any atom is -0.398 e. The molecule has 0 saturated heterocycles. The third-order valence-electron chi connectivity index (χ3n) is 3.66. The van der Waals surface area contributed by atoms with Gasteiger partial charge in [-0.2, -0.15) is 0 Å². The van der Waals surface area contributed by atoms with Crippen LogP contribution in [0, 0.1) is 0 Å². The number of aromatic nitrogens is 2. The minimum absolute atomic E-state index is 0.0197. The van der Waals surface area contributed by atoms with Gasteiger partial charge in [0.1, 0.15) is 0 Å². The molecule has 1 aromatic heterocycles. The lowest BCUT2D eigenvalue weighted by atomic mass is 9.98. The molecule has 0 spiro atoms. The standard InChI is InChI=1S/C17H15ClN4O/c1-2-14(23)10-4-3-5-11(15(10)19)16-12-8-9(18)6-7-13(12)21-17(20)22-16/h3-8H,2,19H2,1H3,(H2,20,21,22). The third-order valence-corrected chi connectivity index (χ3v) is 3.89. The number of hydrogen-bond acceptors (Lipinski definition) is 5. The Morgan fingerprint density at radius 1 is 1.17 bits per heavy atom. The molecule has 3 aromatic rings. The fourth-order valence-corrected chi connectivity index (χ4v) is 2.70. The number of Topliss-reactive ketones (excluding diaryl/α,β-unsaturated/α-hetero) is 1. The Hall–Kier alpha value is -2.66. The van der Waals surface area contributed by atoms with Crippen molar-refractivity contribution in [3.8, 4) is 11.3 Å². The van der Waals surface area contributed by atoms with Crippen molar-refractivity contribution in [1.29, 1.82) is 0 Å². The maximum atomic E-state index is 12.0. The summed E-state index contributed by atoms with van der Waals surface area (Å²) >= 11 is 6.09.